The third kappa shape index (κ3) is 4.68. The predicted octanol–water partition coefficient (Wildman–Crippen LogP) is 1.53. The molecule has 9 heteroatoms. The molecule has 168 valence electrons. The Morgan fingerprint density at radius 2 is 1.19 bits per heavy atom. The Morgan fingerprint density at radius 1 is 0.750 bits per heavy atom. The molecule has 1 aliphatic rings. The Labute approximate surface area is 183 Å². The average molecular weight is 440 g/mol. The van der Waals surface area contributed by atoms with Gasteiger partial charge in [-0.3, -0.25) is 9.59 Å². The molecule has 0 bridgehead atoms. The summed E-state index contributed by atoms with van der Waals surface area (Å²) in [5.41, 5.74) is 12.1. The summed E-state index contributed by atoms with van der Waals surface area (Å²) >= 11 is 0. The summed E-state index contributed by atoms with van der Waals surface area (Å²) in [5.74, 6) is -4.01. The molecule has 0 radical (unpaired) electrons. The lowest BCUT2D eigenvalue weighted by Crippen LogP contribution is -2.18. The van der Waals surface area contributed by atoms with Gasteiger partial charge in [0.2, 0.25) is 11.8 Å². The third-order valence-corrected chi connectivity index (χ3v) is 5.59. The number of amides is 2. The summed E-state index contributed by atoms with van der Waals surface area (Å²) in [5, 5.41) is 50.9. The molecule has 9 N–H and O–H groups in total. The molecule has 3 rings (SSSR count). The van der Waals surface area contributed by atoms with Crippen LogP contribution in [-0.4, -0.2) is 43.5 Å². The summed E-state index contributed by atoms with van der Waals surface area (Å²) in [6, 6.07) is 5.20. The van der Waals surface area contributed by atoms with Crippen LogP contribution in [0, 0.1) is 0 Å². The minimum atomic E-state index is -0.853. The monoisotopic (exact) mass is 440 g/mol. The van der Waals surface area contributed by atoms with Crippen molar-refractivity contribution in [3.05, 3.63) is 58.7 Å². The highest BCUT2D eigenvalue weighted by Gasteiger charge is 2.39. The van der Waals surface area contributed by atoms with Gasteiger partial charge in [0.15, 0.2) is 23.0 Å². The molecule has 0 spiro atoms. The Morgan fingerprint density at radius 3 is 1.69 bits per heavy atom. The number of carbonyl (C=O) groups is 2. The normalized spacial score (nSPS) is 20.8. The highest BCUT2D eigenvalue weighted by Crippen LogP contribution is 2.51. The first kappa shape index (κ1) is 22.7. The maximum absolute atomic E-state index is 11.2. The molecule has 0 aromatic heterocycles. The van der Waals surface area contributed by atoms with Crippen molar-refractivity contribution in [1.29, 1.82) is 0 Å². The number of carbonyl (C=O) groups excluding carboxylic acids is 2. The van der Waals surface area contributed by atoms with Crippen molar-refractivity contribution < 1.29 is 35.1 Å². The van der Waals surface area contributed by atoms with Crippen LogP contribution in [0.1, 0.15) is 46.9 Å². The number of nitrogens with two attached hydrogens (primary N) is 2. The first-order valence-corrected chi connectivity index (χ1v) is 9.83. The number of phenols is 4. The fourth-order valence-electron chi connectivity index (χ4n) is 4.21. The first-order chi connectivity index (χ1) is 15.1. The Hall–Kier alpha value is -3.98. The lowest BCUT2D eigenvalue weighted by atomic mass is 9.79. The Bertz CT molecular complexity index is 1120. The smallest absolute Gasteiger partial charge is 0.241 e. The molecule has 2 amide bonds. The average Bonchev–Trinajstić information content (AvgIpc) is 3.10. The molecule has 3 atom stereocenters. The van der Waals surface area contributed by atoms with E-state index in [1.54, 1.807) is 0 Å². The zero-order valence-corrected chi connectivity index (χ0v) is 17.0. The van der Waals surface area contributed by atoms with Crippen molar-refractivity contribution in [2.24, 2.45) is 11.5 Å². The van der Waals surface area contributed by atoms with E-state index in [2.05, 4.69) is 0 Å². The van der Waals surface area contributed by atoms with E-state index in [4.69, 9.17) is 11.5 Å². The Kier molecular flexibility index (Phi) is 6.40. The summed E-state index contributed by atoms with van der Waals surface area (Å²) in [6.07, 6.45) is 5.00. The standard InChI is InChI=1S/C23H24N2O7/c24-21(31)5-1-11-7-17(27)19(29)9-14(11)13-3-4-16(26)23(13)15-10-20(30)18(28)8-12(15)2-6-22(25)32/h1-2,5-10,13,16,23,26-30H,3-4H2,(H2,24,31)(H2,25,32)/b5-1+,6-2+/t13-,16+,23-/m1/s1. The van der Waals surface area contributed by atoms with Crippen LogP contribution in [0.5, 0.6) is 23.0 Å². The van der Waals surface area contributed by atoms with Crippen LogP contribution in [0.3, 0.4) is 0 Å². The minimum Gasteiger partial charge on any atom is -0.504 e. The number of primary amides is 2. The van der Waals surface area contributed by atoms with Crippen LogP contribution in [0.25, 0.3) is 12.2 Å². The van der Waals surface area contributed by atoms with E-state index in [9.17, 15) is 35.1 Å². The van der Waals surface area contributed by atoms with Crippen molar-refractivity contribution in [3.8, 4) is 23.0 Å². The Balaban J connectivity index is 2.18. The lowest BCUT2D eigenvalue weighted by molar-refractivity contribution is -0.114. The van der Waals surface area contributed by atoms with Gasteiger partial charge >= 0.3 is 0 Å². The van der Waals surface area contributed by atoms with Crippen molar-refractivity contribution in [2.75, 3.05) is 0 Å². The second-order valence-corrected chi connectivity index (χ2v) is 7.69. The fourth-order valence-corrected chi connectivity index (χ4v) is 4.21. The van der Waals surface area contributed by atoms with E-state index in [0.29, 0.717) is 35.1 Å². The van der Waals surface area contributed by atoms with Crippen LogP contribution in [0.15, 0.2) is 36.4 Å². The quantitative estimate of drug-likeness (QED) is 0.262. The van der Waals surface area contributed by atoms with Crippen LogP contribution in [0.2, 0.25) is 0 Å². The number of benzene rings is 2. The molecule has 1 fully saturated rings. The summed E-state index contributed by atoms with van der Waals surface area (Å²) in [6.45, 7) is 0. The van der Waals surface area contributed by atoms with Crippen molar-refractivity contribution in [3.63, 3.8) is 0 Å². The maximum Gasteiger partial charge on any atom is 0.241 e. The van der Waals surface area contributed by atoms with Gasteiger partial charge in [0, 0.05) is 18.1 Å². The number of phenolic OH excluding ortho intramolecular Hbond substituents is 4. The molecule has 1 aliphatic carbocycles. The zero-order valence-electron chi connectivity index (χ0n) is 17.0. The summed E-state index contributed by atoms with van der Waals surface area (Å²) in [7, 11) is 0. The van der Waals surface area contributed by atoms with E-state index in [0.717, 1.165) is 12.2 Å². The largest absolute Gasteiger partial charge is 0.504 e. The molecule has 32 heavy (non-hydrogen) atoms. The van der Waals surface area contributed by atoms with Crippen LogP contribution < -0.4 is 11.5 Å². The fraction of sp³-hybridized carbons (Fsp3) is 0.217. The van der Waals surface area contributed by atoms with Gasteiger partial charge < -0.3 is 37.0 Å². The van der Waals surface area contributed by atoms with E-state index < -0.39 is 41.3 Å². The van der Waals surface area contributed by atoms with Crippen LogP contribution in [-0.2, 0) is 9.59 Å². The molecular weight excluding hydrogens is 416 g/mol. The van der Waals surface area contributed by atoms with Crippen molar-refractivity contribution in [2.45, 2.75) is 30.8 Å². The molecule has 0 unspecified atom stereocenters. The van der Waals surface area contributed by atoms with E-state index in [-0.39, 0.29) is 11.5 Å². The minimum absolute atomic E-state index is 0.368. The molecule has 1 saturated carbocycles. The third-order valence-electron chi connectivity index (χ3n) is 5.59. The summed E-state index contributed by atoms with van der Waals surface area (Å²) in [4.78, 5) is 22.4. The molecule has 0 saturated heterocycles. The molecule has 2 aromatic rings. The second-order valence-electron chi connectivity index (χ2n) is 7.69. The highest BCUT2D eigenvalue weighted by molar-refractivity contribution is 5.91. The number of aromatic hydroxyl groups is 4. The molecule has 0 aliphatic heterocycles. The molecule has 2 aromatic carbocycles. The van der Waals surface area contributed by atoms with Crippen molar-refractivity contribution >= 4 is 24.0 Å². The van der Waals surface area contributed by atoms with Crippen LogP contribution in [0.4, 0.5) is 0 Å². The highest BCUT2D eigenvalue weighted by atomic mass is 16.3. The number of aliphatic hydroxyl groups is 1. The van der Waals surface area contributed by atoms with E-state index >= 15 is 0 Å². The molecular formula is C23H24N2O7. The lowest BCUT2D eigenvalue weighted by Gasteiger charge is -2.26. The molecule has 9 nitrogen and oxygen atoms in total. The second kappa shape index (κ2) is 9.03. The first-order valence-electron chi connectivity index (χ1n) is 9.83. The topological polar surface area (TPSA) is 187 Å². The molecule has 0 heterocycles. The van der Waals surface area contributed by atoms with Gasteiger partial charge in [-0.1, -0.05) is 0 Å². The van der Waals surface area contributed by atoms with Gasteiger partial charge in [-0.05, 0) is 77.4 Å². The van der Waals surface area contributed by atoms with E-state index in [1.807, 2.05) is 0 Å². The number of aliphatic hydroxyl groups excluding tert-OH is 1. The van der Waals surface area contributed by atoms with Crippen LogP contribution >= 0.6 is 0 Å². The zero-order chi connectivity index (χ0) is 23.6. The van der Waals surface area contributed by atoms with Gasteiger partial charge in [0.25, 0.3) is 0 Å². The predicted molar refractivity (Wildman–Crippen MR) is 117 cm³/mol. The maximum atomic E-state index is 11.2. The van der Waals surface area contributed by atoms with E-state index in [1.165, 1.54) is 36.4 Å². The number of hydrogen-bond donors (Lipinski definition) is 7. The summed E-state index contributed by atoms with van der Waals surface area (Å²) < 4.78 is 0. The van der Waals surface area contributed by atoms with Gasteiger partial charge in [-0.25, -0.2) is 0 Å². The van der Waals surface area contributed by atoms with Crippen molar-refractivity contribution in [1.82, 2.24) is 0 Å². The van der Waals surface area contributed by atoms with Gasteiger partial charge in [-0.15, -0.1) is 0 Å². The number of rotatable bonds is 6. The number of hydrogen-bond acceptors (Lipinski definition) is 7. The van der Waals surface area contributed by atoms with Gasteiger partial charge in [0.05, 0.1) is 6.10 Å². The SMILES string of the molecule is NC(=O)/C=C/c1cc(O)c(O)cc1[C@H]1[C@@H](c2cc(O)c(O)cc2/C=C/C(N)=O)CC[C@@H]1O. The van der Waals surface area contributed by atoms with Gasteiger partial charge in [-0.2, -0.15) is 0 Å². The van der Waals surface area contributed by atoms with Gasteiger partial charge in [0.1, 0.15) is 0 Å².